The number of carbonyl (C=O) groups excluding carboxylic acids is 1. The van der Waals surface area contributed by atoms with Crippen LogP contribution >= 0.6 is 0 Å². The standard InChI is InChI=1S/C18H23N3O3.Co/c1-5-24-17(23)12-16(22)20-19-11-10-15-18(2,3)13-8-6-7-9-14(13)21(15)4;/h6-11H,5,12H2,1-4H3,(H,20,22);/b15-10-,19-11+;. The van der Waals surface area contributed by atoms with Gasteiger partial charge in [-0.15, -0.1) is 5.10 Å². The maximum absolute atomic E-state index is 11.2. The molecular formula is C18H23CoN3O3. The van der Waals surface area contributed by atoms with E-state index in [2.05, 4.69) is 41.1 Å². The SMILES string of the molecule is CCOC(=O)CC(O)=N/N=C/C=C1\N(C)c2ccccc2C1(C)C.[Co]. The number of hydrogen-bond donors (Lipinski definition) is 1. The Hall–Kier alpha value is -2.12. The number of nitrogens with zero attached hydrogens (tertiary/aromatic N) is 3. The molecule has 1 N–H and O–H groups in total. The molecule has 1 heterocycles. The van der Waals surface area contributed by atoms with Gasteiger partial charge in [-0.1, -0.05) is 32.0 Å². The number of aliphatic hydroxyl groups is 1. The van der Waals surface area contributed by atoms with E-state index in [-0.39, 0.29) is 41.1 Å². The summed E-state index contributed by atoms with van der Waals surface area (Å²) in [5.41, 5.74) is 3.35. The fourth-order valence-corrected chi connectivity index (χ4v) is 2.88. The van der Waals surface area contributed by atoms with Crippen molar-refractivity contribution >= 4 is 23.8 Å². The second-order valence-corrected chi connectivity index (χ2v) is 6.02. The number of para-hydroxylation sites is 1. The molecular weight excluding hydrogens is 365 g/mol. The fourth-order valence-electron chi connectivity index (χ4n) is 2.88. The molecule has 0 saturated heterocycles. The van der Waals surface area contributed by atoms with Crippen molar-refractivity contribution in [2.75, 3.05) is 18.6 Å². The van der Waals surface area contributed by atoms with Crippen LogP contribution in [0.5, 0.6) is 0 Å². The summed E-state index contributed by atoms with van der Waals surface area (Å²) < 4.78 is 4.73. The van der Waals surface area contributed by atoms with Gasteiger partial charge in [0.1, 0.15) is 6.42 Å². The van der Waals surface area contributed by atoms with E-state index in [4.69, 9.17) is 4.74 Å². The Morgan fingerprint density at radius 1 is 1.36 bits per heavy atom. The molecule has 0 aromatic heterocycles. The molecule has 137 valence electrons. The van der Waals surface area contributed by atoms with Crippen molar-refractivity contribution in [2.45, 2.75) is 32.6 Å². The first-order valence-electron chi connectivity index (χ1n) is 7.86. The van der Waals surface area contributed by atoms with Crippen LogP contribution in [-0.2, 0) is 31.7 Å². The molecule has 1 radical (unpaired) electrons. The van der Waals surface area contributed by atoms with E-state index in [1.54, 1.807) is 6.92 Å². The van der Waals surface area contributed by atoms with E-state index in [0.29, 0.717) is 0 Å². The summed E-state index contributed by atoms with van der Waals surface area (Å²) in [6.45, 7) is 6.27. The van der Waals surface area contributed by atoms with E-state index >= 15 is 0 Å². The Labute approximate surface area is 158 Å². The summed E-state index contributed by atoms with van der Waals surface area (Å²) in [7, 11) is 2.01. The first kappa shape index (κ1) is 20.9. The number of rotatable bonds is 5. The molecule has 0 bridgehead atoms. The number of aliphatic hydroxyl groups excluding tert-OH is 1. The number of anilines is 1. The van der Waals surface area contributed by atoms with Crippen LogP contribution in [-0.4, -0.2) is 36.8 Å². The number of fused-ring (bicyclic) bond motifs is 1. The Bertz CT molecular complexity index is 711. The van der Waals surface area contributed by atoms with Gasteiger partial charge in [0.2, 0.25) is 5.90 Å². The molecule has 1 aromatic rings. The van der Waals surface area contributed by atoms with Crippen LogP contribution in [0.4, 0.5) is 5.69 Å². The second kappa shape index (κ2) is 8.82. The number of hydrogen-bond acceptors (Lipinski definition) is 5. The number of ether oxygens (including phenoxy) is 1. The number of allylic oxidation sites excluding steroid dienone is 2. The molecule has 0 fully saturated rings. The first-order chi connectivity index (χ1) is 11.4. The molecule has 2 rings (SSSR count). The van der Waals surface area contributed by atoms with E-state index < -0.39 is 5.97 Å². The molecule has 1 aliphatic rings. The van der Waals surface area contributed by atoms with Crippen molar-refractivity contribution in [2.24, 2.45) is 10.2 Å². The minimum absolute atomic E-state index is 0. The number of esters is 1. The van der Waals surface area contributed by atoms with Crippen LogP contribution in [0.1, 0.15) is 32.8 Å². The van der Waals surface area contributed by atoms with Gasteiger partial charge in [0.25, 0.3) is 0 Å². The zero-order valence-corrected chi connectivity index (χ0v) is 15.9. The van der Waals surface area contributed by atoms with Crippen LogP contribution in [0.25, 0.3) is 0 Å². The van der Waals surface area contributed by atoms with Crippen LogP contribution in [0.15, 0.2) is 46.2 Å². The molecule has 0 saturated carbocycles. The van der Waals surface area contributed by atoms with Gasteiger partial charge in [0.05, 0.1) is 12.8 Å². The Balaban J connectivity index is 0.00000312. The van der Waals surface area contributed by atoms with E-state index in [1.165, 1.54) is 11.8 Å². The van der Waals surface area contributed by atoms with Gasteiger partial charge >= 0.3 is 5.97 Å². The zero-order chi connectivity index (χ0) is 17.7. The summed E-state index contributed by atoms with van der Waals surface area (Å²) in [5.74, 6) is -0.898. The Morgan fingerprint density at radius 2 is 2.04 bits per heavy atom. The third-order valence-corrected chi connectivity index (χ3v) is 4.02. The predicted molar refractivity (Wildman–Crippen MR) is 95.8 cm³/mol. The topological polar surface area (TPSA) is 74.5 Å². The Morgan fingerprint density at radius 3 is 2.68 bits per heavy atom. The molecule has 0 unspecified atom stereocenters. The van der Waals surface area contributed by atoms with Crippen molar-refractivity contribution in [1.82, 2.24) is 0 Å². The average molecular weight is 388 g/mol. The smallest absolute Gasteiger partial charge is 0.315 e. The number of benzene rings is 1. The van der Waals surface area contributed by atoms with Gasteiger partial charge in [0, 0.05) is 40.6 Å². The summed E-state index contributed by atoms with van der Waals surface area (Å²) in [6, 6.07) is 8.24. The van der Waals surface area contributed by atoms with E-state index in [9.17, 15) is 9.90 Å². The molecule has 0 aliphatic carbocycles. The average Bonchev–Trinajstić information content (AvgIpc) is 2.72. The van der Waals surface area contributed by atoms with Crippen LogP contribution < -0.4 is 4.90 Å². The van der Waals surface area contributed by atoms with Gasteiger partial charge in [0.15, 0.2) is 0 Å². The van der Waals surface area contributed by atoms with Crippen molar-refractivity contribution in [3.8, 4) is 0 Å². The molecule has 0 spiro atoms. The second-order valence-electron chi connectivity index (χ2n) is 6.02. The van der Waals surface area contributed by atoms with Gasteiger partial charge in [-0.25, -0.2) is 0 Å². The minimum atomic E-state index is -0.528. The number of likely N-dealkylation sites (N-methyl/N-ethyl adjacent to an activating group) is 1. The zero-order valence-electron chi connectivity index (χ0n) is 14.8. The Kier molecular flexibility index (Phi) is 7.38. The summed E-state index contributed by atoms with van der Waals surface area (Å²) >= 11 is 0. The summed E-state index contributed by atoms with van der Waals surface area (Å²) in [4.78, 5) is 13.3. The van der Waals surface area contributed by atoms with Gasteiger partial charge in [-0.05, 0) is 24.6 Å². The summed E-state index contributed by atoms with van der Waals surface area (Å²) in [6.07, 6.45) is 3.10. The maximum Gasteiger partial charge on any atom is 0.315 e. The van der Waals surface area contributed by atoms with E-state index in [0.717, 1.165) is 11.4 Å². The molecule has 7 heteroatoms. The predicted octanol–water partition coefficient (Wildman–Crippen LogP) is 3.19. The first-order valence-corrected chi connectivity index (χ1v) is 7.86. The van der Waals surface area contributed by atoms with Crippen molar-refractivity contribution < 1.29 is 31.4 Å². The van der Waals surface area contributed by atoms with Crippen molar-refractivity contribution in [3.05, 3.63) is 41.6 Å². The third kappa shape index (κ3) is 4.70. The van der Waals surface area contributed by atoms with Crippen LogP contribution in [0.2, 0.25) is 0 Å². The molecule has 0 atom stereocenters. The molecule has 1 aromatic carbocycles. The van der Waals surface area contributed by atoms with Gasteiger partial charge in [-0.3, -0.25) is 4.79 Å². The van der Waals surface area contributed by atoms with Gasteiger partial charge in [-0.2, -0.15) is 5.10 Å². The monoisotopic (exact) mass is 388 g/mol. The molecule has 25 heavy (non-hydrogen) atoms. The van der Waals surface area contributed by atoms with Crippen molar-refractivity contribution in [1.29, 1.82) is 0 Å². The van der Waals surface area contributed by atoms with Crippen LogP contribution in [0.3, 0.4) is 0 Å². The normalized spacial score (nSPS) is 17.5. The quantitative estimate of drug-likeness (QED) is 0.364. The fraction of sp³-hybridized carbons (Fsp3) is 0.389. The van der Waals surface area contributed by atoms with Crippen LogP contribution in [0, 0.1) is 0 Å². The minimum Gasteiger partial charge on any atom is -0.495 e. The maximum atomic E-state index is 11.2. The largest absolute Gasteiger partial charge is 0.495 e. The molecule has 6 nitrogen and oxygen atoms in total. The van der Waals surface area contributed by atoms with Crippen molar-refractivity contribution in [3.63, 3.8) is 0 Å². The summed E-state index contributed by atoms with van der Waals surface area (Å²) in [5, 5.41) is 17.0. The van der Waals surface area contributed by atoms with E-state index in [1.807, 2.05) is 25.3 Å². The molecule has 0 amide bonds. The number of carbonyl (C=O) groups is 1. The third-order valence-electron chi connectivity index (χ3n) is 4.02. The molecule has 1 aliphatic heterocycles. The van der Waals surface area contributed by atoms with Gasteiger partial charge < -0.3 is 14.7 Å².